The number of hydrogen-bond donors (Lipinski definition) is 1. The third kappa shape index (κ3) is 5.58. The van der Waals surface area contributed by atoms with Crippen molar-refractivity contribution < 1.29 is 18.8 Å². The molecular weight excluding hydrogens is 517 g/mol. The molecule has 0 aromatic heterocycles. The van der Waals surface area contributed by atoms with Gasteiger partial charge in [-0.15, -0.1) is 0 Å². The smallest absolute Gasteiger partial charge is 0.283 e. The number of benzene rings is 4. The summed E-state index contributed by atoms with van der Waals surface area (Å²) in [6.45, 7) is 0.860. The molecule has 0 fully saturated rings. The third-order valence-corrected chi connectivity index (χ3v) is 6.59. The number of nitrogens with one attached hydrogen (secondary N) is 1. The van der Waals surface area contributed by atoms with Crippen molar-refractivity contribution in [3.05, 3.63) is 142 Å². The van der Waals surface area contributed by atoms with Crippen molar-refractivity contribution in [2.75, 3.05) is 10.2 Å². The summed E-state index contributed by atoms with van der Waals surface area (Å²) in [7, 11) is 0. The molecule has 0 saturated carbocycles. The molecular formula is C31H23ClFN3O3. The van der Waals surface area contributed by atoms with Crippen LogP contribution in [-0.4, -0.2) is 22.6 Å². The highest BCUT2D eigenvalue weighted by Gasteiger charge is 2.40. The summed E-state index contributed by atoms with van der Waals surface area (Å²) < 4.78 is 14.3. The monoisotopic (exact) mass is 539 g/mol. The number of anilines is 2. The van der Waals surface area contributed by atoms with Crippen LogP contribution in [0.15, 0.2) is 120 Å². The van der Waals surface area contributed by atoms with E-state index in [0.29, 0.717) is 29.2 Å². The number of amides is 3. The number of imide groups is 1. The Morgan fingerprint density at radius 2 is 1.28 bits per heavy atom. The average molecular weight is 540 g/mol. The topological polar surface area (TPSA) is 69.7 Å². The highest BCUT2D eigenvalue weighted by Crippen LogP contribution is 2.31. The van der Waals surface area contributed by atoms with Crippen LogP contribution in [0.3, 0.4) is 0 Å². The Kier molecular flexibility index (Phi) is 7.52. The molecule has 0 atom stereocenters. The molecule has 1 aliphatic heterocycles. The first-order valence-electron chi connectivity index (χ1n) is 12.2. The van der Waals surface area contributed by atoms with Crippen LogP contribution in [0, 0.1) is 5.82 Å². The van der Waals surface area contributed by atoms with Gasteiger partial charge in [-0.2, -0.15) is 0 Å². The number of hydrogen-bond acceptors (Lipinski definition) is 4. The van der Waals surface area contributed by atoms with Crippen LogP contribution in [-0.2, 0) is 22.7 Å². The van der Waals surface area contributed by atoms with Crippen LogP contribution in [0.2, 0.25) is 0 Å². The predicted molar refractivity (Wildman–Crippen MR) is 148 cm³/mol. The largest absolute Gasteiger partial charge is 0.350 e. The fraction of sp³-hybridized carbons (Fsp3) is 0.0645. The van der Waals surface area contributed by atoms with Crippen molar-refractivity contribution in [2.45, 2.75) is 13.1 Å². The summed E-state index contributed by atoms with van der Waals surface area (Å²) in [5.74, 6) is -2.47. The van der Waals surface area contributed by atoms with Gasteiger partial charge in [0.05, 0.1) is 5.69 Å². The Bertz CT molecular complexity index is 1520. The molecule has 1 heterocycles. The van der Waals surface area contributed by atoms with E-state index in [0.717, 1.165) is 17.2 Å². The normalized spacial score (nSPS) is 13.1. The van der Waals surface area contributed by atoms with Crippen LogP contribution in [0.1, 0.15) is 21.5 Å². The third-order valence-electron chi connectivity index (χ3n) is 6.24. The van der Waals surface area contributed by atoms with Crippen molar-refractivity contribution in [1.82, 2.24) is 4.90 Å². The molecule has 1 N–H and O–H groups in total. The number of carbonyl (C=O) groups excluding carboxylic acids is 3. The van der Waals surface area contributed by atoms with Crippen LogP contribution >= 0.6 is 11.6 Å². The SMILES string of the molecule is O=C(c1ccc(NC2=C(Cl)C(=O)N(c3ccccc3F)C2=O)cc1)N(Cc1ccccc1)Cc1ccccc1. The minimum Gasteiger partial charge on any atom is -0.350 e. The molecule has 8 heteroatoms. The molecule has 0 bridgehead atoms. The van der Waals surface area contributed by atoms with Crippen LogP contribution in [0.5, 0.6) is 0 Å². The van der Waals surface area contributed by atoms with Gasteiger partial charge in [0.1, 0.15) is 16.5 Å². The van der Waals surface area contributed by atoms with Crippen LogP contribution in [0.4, 0.5) is 15.8 Å². The highest BCUT2D eigenvalue weighted by molar-refractivity contribution is 6.53. The Hall–Kier alpha value is -4.75. The van der Waals surface area contributed by atoms with E-state index in [-0.39, 0.29) is 22.3 Å². The molecule has 194 valence electrons. The standard InChI is InChI=1S/C31H23ClFN3O3/c32-27-28(31(39)36(30(27)38)26-14-8-7-13-25(26)33)34-24-17-15-23(16-18-24)29(37)35(19-21-9-3-1-4-10-21)20-22-11-5-2-6-12-22/h1-18,34H,19-20H2. The lowest BCUT2D eigenvalue weighted by Crippen LogP contribution is -2.33. The van der Waals surface area contributed by atoms with Gasteiger partial charge in [-0.25, -0.2) is 9.29 Å². The number of para-hydroxylation sites is 1. The van der Waals surface area contributed by atoms with Crippen LogP contribution in [0.25, 0.3) is 0 Å². The van der Waals surface area contributed by atoms with Gasteiger partial charge in [0.2, 0.25) is 0 Å². The molecule has 0 radical (unpaired) electrons. The van der Waals surface area contributed by atoms with Gasteiger partial charge in [-0.3, -0.25) is 14.4 Å². The Morgan fingerprint density at radius 3 is 1.85 bits per heavy atom. The van der Waals surface area contributed by atoms with E-state index in [1.54, 1.807) is 29.2 Å². The number of rotatable bonds is 8. The van der Waals surface area contributed by atoms with E-state index in [1.807, 2.05) is 60.7 Å². The quantitative estimate of drug-likeness (QED) is 0.275. The van der Waals surface area contributed by atoms with Crippen molar-refractivity contribution in [2.24, 2.45) is 0 Å². The summed E-state index contributed by atoms with van der Waals surface area (Å²) >= 11 is 6.17. The first-order valence-corrected chi connectivity index (χ1v) is 12.6. The number of halogens is 2. The summed E-state index contributed by atoms with van der Waals surface area (Å²) in [6.07, 6.45) is 0. The fourth-order valence-corrected chi connectivity index (χ4v) is 4.51. The summed E-state index contributed by atoms with van der Waals surface area (Å²) in [5, 5.41) is 2.51. The molecule has 39 heavy (non-hydrogen) atoms. The lowest BCUT2D eigenvalue weighted by molar-refractivity contribution is -0.120. The summed E-state index contributed by atoms with van der Waals surface area (Å²) in [6, 6.07) is 31.5. The Labute approximate surface area is 229 Å². The second-order valence-electron chi connectivity index (χ2n) is 8.92. The zero-order valence-corrected chi connectivity index (χ0v) is 21.4. The molecule has 6 nitrogen and oxygen atoms in total. The lowest BCUT2D eigenvalue weighted by Gasteiger charge is -2.23. The minimum absolute atomic E-state index is 0.163. The van der Waals surface area contributed by atoms with Crippen molar-refractivity contribution in [3.8, 4) is 0 Å². The van der Waals surface area contributed by atoms with Crippen molar-refractivity contribution in [1.29, 1.82) is 0 Å². The Morgan fingerprint density at radius 1 is 0.744 bits per heavy atom. The first kappa shape index (κ1) is 25.9. The first-order chi connectivity index (χ1) is 18.9. The molecule has 0 spiro atoms. The van der Waals surface area contributed by atoms with Crippen molar-refractivity contribution in [3.63, 3.8) is 0 Å². The number of carbonyl (C=O) groups is 3. The summed E-state index contributed by atoms with van der Waals surface area (Å²) in [4.78, 5) is 41.6. The van der Waals surface area contributed by atoms with E-state index >= 15 is 0 Å². The molecule has 0 aliphatic carbocycles. The number of nitrogens with zero attached hydrogens (tertiary/aromatic N) is 2. The van der Waals surface area contributed by atoms with E-state index < -0.39 is 17.6 Å². The molecule has 5 rings (SSSR count). The molecule has 4 aromatic carbocycles. The zero-order valence-electron chi connectivity index (χ0n) is 20.7. The maximum Gasteiger partial charge on any atom is 0.283 e. The van der Waals surface area contributed by atoms with E-state index in [2.05, 4.69) is 5.32 Å². The second-order valence-corrected chi connectivity index (χ2v) is 9.30. The molecule has 0 unspecified atom stereocenters. The Balaban J connectivity index is 1.34. The molecule has 4 aromatic rings. The molecule has 1 aliphatic rings. The lowest BCUT2D eigenvalue weighted by atomic mass is 10.1. The van der Waals surface area contributed by atoms with Gasteiger partial charge in [0.15, 0.2) is 0 Å². The molecule has 0 saturated heterocycles. The van der Waals surface area contributed by atoms with Crippen molar-refractivity contribution >= 4 is 40.7 Å². The van der Waals surface area contributed by atoms with E-state index in [1.165, 1.54) is 18.2 Å². The predicted octanol–water partition coefficient (Wildman–Crippen LogP) is 6.10. The maximum atomic E-state index is 14.3. The van der Waals surface area contributed by atoms with Gasteiger partial charge in [-0.1, -0.05) is 84.4 Å². The molecule has 3 amide bonds. The van der Waals surface area contributed by atoms with Crippen LogP contribution < -0.4 is 10.2 Å². The maximum absolute atomic E-state index is 14.3. The van der Waals surface area contributed by atoms with E-state index in [9.17, 15) is 18.8 Å². The second kappa shape index (κ2) is 11.3. The van der Waals surface area contributed by atoms with E-state index in [4.69, 9.17) is 11.6 Å². The van der Waals surface area contributed by atoms with Gasteiger partial charge in [0, 0.05) is 24.3 Å². The average Bonchev–Trinajstić information content (AvgIpc) is 3.17. The summed E-state index contributed by atoms with van der Waals surface area (Å²) in [5.41, 5.74) is 2.55. The van der Waals surface area contributed by atoms with Gasteiger partial charge < -0.3 is 10.2 Å². The van der Waals surface area contributed by atoms with Gasteiger partial charge in [-0.05, 0) is 47.5 Å². The van der Waals surface area contributed by atoms with Gasteiger partial charge >= 0.3 is 0 Å². The fourth-order valence-electron chi connectivity index (χ4n) is 4.29. The van der Waals surface area contributed by atoms with Gasteiger partial charge in [0.25, 0.3) is 17.7 Å². The highest BCUT2D eigenvalue weighted by atomic mass is 35.5. The zero-order chi connectivity index (χ0) is 27.4. The minimum atomic E-state index is -0.821.